The zero-order valence-corrected chi connectivity index (χ0v) is 10.8. The largest absolute Gasteiger partial charge is 0.392 e. The Hall–Kier alpha value is -0.640. The van der Waals surface area contributed by atoms with Crippen molar-refractivity contribution in [2.75, 3.05) is 0 Å². The molecule has 1 aliphatic carbocycles. The molecule has 1 saturated carbocycles. The summed E-state index contributed by atoms with van der Waals surface area (Å²) >= 11 is 4.85. The molecule has 1 aliphatic rings. The highest BCUT2D eigenvalue weighted by atomic mass is 32.1. The highest BCUT2D eigenvalue weighted by Gasteiger charge is 2.21. The van der Waals surface area contributed by atoms with Crippen molar-refractivity contribution in [3.8, 4) is 0 Å². The second kappa shape index (κ2) is 6.84. The number of hydrogen-bond donors (Lipinski definition) is 2. The molecule has 16 heavy (non-hydrogen) atoms. The molecule has 0 aromatic heterocycles. The zero-order chi connectivity index (χ0) is 12.0. The third kappa shape index (κ3) is 4.47. The summed E-state index contributed by atoms with van der Waals surface area (Å²) in [6.45, 7) is 1.84. The van der Waals surface area contributed by atoms with Gasteiger partial charge in [0.25, 0.3) is 0 Å². The van der Waals surface area contributed by atoms with Gasteiger partial charge in [0.15, 0.2) is 0 Å². The van der Waals surface area contributed by atoms with Gasteiger partial charge in [0.05, 0.1) is 11.0 Å². The van der Waals surface area contributed by atoms with E-state index in [0.29, 0.717) is 4.99 Å². The fourth-order valence-corrected chi connectivity index (χ4v) is 2.18. The van der Waals surface area contributed by atoms with Crippen molar-refractivity contribution in [1.82, 2.24) is 5.32 Å². The highest BCUT2D eigenvalue weighted by molar-refractivity contribution is 7.80. The van der Waals surface area contributed by atoms with Crippen LogP contribution < -0.4 is 11.1 Å². The molecule has 3 nitrogen and oxygen atoms in total. The third-order valence-electron chi connectivity index (χ3n) is 3.26. The van der Waals surface area contributed by atoms with Crippen LogP contribution in [0.25, 0.3) is 0 Å². The van der Waals surface area contributed by atoms with Gasteiger partial charge >= 0.3 is 0 Å². The van der Waals surface area contributed by atoms with Crippen molar-refractivity contribution in [3.63, 3.8) is 0 Å². The molecule has 1 unspecified atom stereocenters. The van der Waals surface area contributed by atoms with E-state index in [-0.39, 0.29) is 17.9 Å². The lowest BCUT2D eigenvalue weighted by Gasteiger charge is -2.21. The molecule has 1 amide bonds. The van der Waals surface area contributed by atoms with Gasteiger partial charge in [-0.2, -0.15) is 0 Å². The number of carbonyl (C=O) groups is 1. The Kier molecular flexibility index (Phi) is 5.74. The van der Waals surface area contributed by atoms with E-state index in [2.05, 4.69) is 5.32 Å². The first kappa shape index (κ1) is 13.4. The first-order chi connectivity index (χ1) is 7.61. The van der Waals surface area contributed by atoms with Gasteiger partial charge in [-0.3, -0.25) is 4.79 Å². The van der Waals surface area contributed by atoms with Crippen molar-refractivity contribution in [1.29, 1.82) is 0 Å². The van der Waals surface area contributed by atoms with E-state index < -0.39 is 0 Å². The Morgan fingerprint density at radius 2 is 1.75 bits per heavy atom. The SMILES string of the molecule is CC(NC(=O)C1CCCCCCC1)C(N)=S. The molecule has 0 aliphatic heterocycles. The fraction of sp³-hybridized carbons (Fsp3) is 0.833. The Morgan fingerprint density at radius 1 is 1.25 bits per heavy atom. The fourth-order valence-electron chi connectivity index (χ4n) is 2.12. The number of nitrogens with two attached hydrogens (primary N) is 1. The van der Waals surface area contributed by atoms with Crippen LogP contribution in [-0.2, 0) is 4.79 Å². The average Bonchev–Trinajstić information content (AvgIpc) is 2.16. The Bertz CT molecular complexity index is 247. The predicted octanol–water partition coefficient (Wildman–Crippen LogP) is 2.14. The molecule has 1 atom stereocenters. The average molecular weight is 242 g/mol. The maximum absolute atomic E-state index is 12.0. The smallest absolute Gasteiger partial charge is 0.223 e. The van der Waals surface area contributed by atoms with Crippen molar-refractivity contribution < 1.29 is 4.79 Å². The Labute approximate surface area is 103 Å². The summed E-state index contributed by atoms with van der Waals surface area (Å²) < 4.78 is 0. The van der Waals surface area contributed by atoms with E-state index >= 15 is 0 Å². The summed E-state index contributed by atoms with van der Waals surface area (Å²) in [6, 6.07) is -0.187. The third-order valence-corrected chi connectivity index (χ3v) is 3.62. The molecule has 0 heterocycles. The zero-order valence-electron chi connectivity index (χ0n) is 10.00. The minimum atomic E-state index is -0.187. The van der Waals surface area contributed by atoms with Crippen LogP contribution in [0.5, 0.6) is 0 Å². The molecule has 3 N–H and O–H groups in total. The van der Waals surface area contributed by atoms with Crippen molar-refractivity contribution in [2.24, 2.45) is 11.7 Å². The predicted molar refractivity (Wildman–Crippen MR) is 70.2 cm³/mol. The lowest BCUT2D eigenvalue weighted by Crippen LogP contribution is -2.44. The molecule has 0 saturated heterocycles. The molecule has 1 rings (SSSR count). The molecule has 0 aromatic carbocycles. The van der Waals surface area contributed by atoms with Crippen LogP contribution >= 0.6 is 12.2 Å². The summed E-state index contributed by atoms with van der Waals surface area (Å²) in [6.07, 6.45) is 8.19. The molecular weight excluding hydrogens is 220 g/mol. The van der Waals surface area contributed by atoms with Crippen LogP contribution in [0, 0.1) is 5.92 Å². The summed E-state index contributed by atoms with van der Waals surface area (Å²) in [5, 5.41) is 2.89. The number of carbonyl (C=O) groups excluding carboxylic acids is 1. The Morgan fingerprint density at radius 3 is 2.25 bits per heavy atom. The number of thiocarbonyl (C=S) groups is 1. The van der Waals surface area contributed by atoms with Crippen LogP contribution in [0.3, 0.4) is 0 Å². The minimum Gasteiger partial charge on any atom is -0.392 e. The van der Waals surface area contributed by atoms with Crippen molar-refractivity contribution in [2.45, 2.75) is 57.9 Å². The van der Waals surface area contributed by atoms with Crippen LogP contribution in [-0.4, -0.2) is 16.9 Å². The first-order valence-corrected chi connectivity index (χ1v) is 6.62. The first-order valence-electron chi connectivity index (χ1n) is 6.21. The summed E-state index contributed by atoms with van der Waals surface area (Å²) in [7, 11) is 0. The molecule has 0 radical (unpaired) electrons. The Balaban J connectivity index is 2.41. The van der Waals surface area contributed by atoms with Crippen molar-refractivity contribution in [3.05, 3.63) is 0 Å². The summed E-state index contributed by atoms with van der Waals surface area (Å²) in [5.41, 5.74) is 5.49. The van der Waals surface area contributed by atoms with E-state index in [1.807, 2.05) is 6.92 Å². The second-order valence-electron chi connectivity index (χ2n) is 4.67. The maximum Gasteiger partial charge on any atom is 0.223 e. The van der Waals surface area contributed by atoms with E-state index in [9.17, 15) is 4.79 Å². The minimum absolute atomic E-state index is 0.127. The number of hydrogen-bond acceptors (Lipinski definition) is 2. The molecule has 1 fully saturated rings. The molecule has 0 spiro atoms. The number of amides is 1. The number of rotatable bonds is 3. The molecule has 0 bridgehead atoms. The van der Waals surface area contributed by atoms with Gasteiger partial charge in [-0.1, -0.05) is 44.3 Å². The van der Waals surface area contributed by atoms with Crippen LogP contribution in [0.2, 0.25) is 0 Å². The van der Waals surface area contributed by atoms with Gasteiger partial charge in [-0.05, 0) is 19.8 Å². The van der Waals surface area contributed by atoms with Crippen LogP contribution in [0.4, 0.5) is 0 Å². The lowest BCUT2D eigenvalue weighted by molar-refractivity contribution is -0.125. The van der Waals surface area contributed by atoms with E-state index in [1.54, 1.807) is 0 Å². The van der Waals surface area contributed by atoms with Crippen LogP contribution in [0.15, 0.2) is 0 Å². The van der Waals surface area contributed by atoms with Gasteiger partial charge in [0, 0.05) is 5.92 Å². The van der Waals surface area contributed by atoms with E-state index in [0.717, 1.165) is 12.8 Å². The van der Waals surface area contributed by atoms with E-state index in [4.69, 9.17) is 18.0 Å². The molecule has 0 aromatic rings. The molecule has 4 heteroatoms. The molecule has 92 valence electrons. The monoisotopic (exact) mass is 242 g/mol. The topological polar surface area (TPSA) is 55.1 Å². The molecular formula is C12H22N2OS. The normalized spacial score (nSPS) is 20.6. The van der Waals surface area contributed by atoms with Gasteiger partial charge in [0.1, 0.15) is 0 Å². The maximum atomic E-state index is 12.0. The van der Waals surface area contributed by atoms with Crippen molar-refractivity contribution >= 4 is 23.1 Å². The standard InChI is InChI=1S/C12H22N2OS/c1-9(11(13)16)14-12(15)10-7-5-3-2-4-6-8-10/h9-10H,2-8H2,1H3,(H2,13,16)(H,14,15). The van der Waals surface area contributed by atoms with E-state index in [1.165, 1.54) is 32.1 Å². The summed E-state index contributed by atoms with van der Waals surface area (Å²) in [5.74, 6) is 0.291. The quantitative estimate of drug-likeness (QED) is 0.746. The number of nitrogens with one attached hydrogen (secondary N) is 1. The van der Waals surface area contributed by atoms with Gasteiger partial charge < -0.3 is 11.1 Å². The second-order valence-corrected chi connectivity index (χ2v) is 5.15. The van der Waals surface area contributed by atoms with Gasteiger partial charge in [0.2, 0.25) is 5.91 Å². The van der Waals surface area contributed by atoms with Gasteiger partial charge in [-0.15, -0.1) is 0 Å². The lowest BCUT2D eigenvalue weighted by atomic mass is 9.90. The van der Waals surface area contributed by atoms with Gasteiger partial charge in [-0.25, -0.2) is 0 Å². The highest BCUT2D eigenvalue weighted by Crippen LogP contribution is 2.22. The van der Waals surface area contributed by atoms with Crippen LogP contribution in [0.1, 0.15) is 51.9 Å². The summed E-state index contributed by atoms with van der Waals surface area (Å²) in [4.78, 5) is 12.3.